The van der Waals surface area contributed by atoms with E-state index in [0.29, 0.717) is 31.3 Å². The number of amides is 2. The Bertz CT molecular complexity index is 800. The summed E-state index contributed by atoms with van der Waals surface area (Å²) < 4.78 is 33.9. The number of aromatic nitrogens is 2. The summed E-state index contributed by atoms with van der Waals surface area (Å²) >= 11 is 0. The first-order valence-electron chi connectivity index (χ1n) is 10.1. The summed E-state index contributed by atoms with van der Waals surface area (Å²) in [7, 11) is 0. The summed E-state index contributed by atoms with van der Waals surface area (Å²) in [6, 6.07) is -0.863. The van der Waals surface area contributed by atoms with Crippen molar-refractivity contribution in [3.05, 3.63) is 17.7 Å². The predicted octanol–water partition coefficient (Wildman–Crippen LogP) is 1.32. The Morgan fingerprint density at radius 2 is 1.84 bits per heavy atom. The molecule has 9 nitrogen and oxygen atoms in total. The molecular formula is C19H28F3N5O4. The number of imidazole rings is 1. The summed E-state index contributed by atoms with van der Waals surface area (Å²) in [5, 5.41) is 7.12. The van der Waals surface area contributed by atoms with Gasteiger partial charge in [-0.05, 0) is 39.5 Å². The average molecular weight is 447 g/mol. The highest BCUT2D eigenvalue weighted by Crippen LogP contribution is 2.40. The SMILES string of the molecule is CC(C)n1cc(C[C@H](N)C(=O)N2CCC[C@H]2C(N)=O)nc1C1CC1.O=C(O)C(F)(F)F. The molecule has 12 heteroatoms. The van der Waals surface area contributed by atoms with E-state index in [0.717, 1.165) is 17.9 Å². The lowest BCUT2D eigenvalue weighted by atomic mass is 10.1. The van der Waals surface area contributed by atoms with Crippen molar-refractivity contribution in [1.29, 1.82) is 0 Å². The van der Waals surface area contributed by atoms with E-state index in [1.165, 1.54) is 17.7 Å². The standard InChI is InChI=1S/C17H27N5O2.C2HF3O2/c1-10(2)22-9-12(20-16(22)11-5-6-11)8-13(18)17(24)21-7-3-4-14(21)15(19)23;3-2(4,5)1(6)7/h9-11,13-14H,3-8,18H2,1-2H3,(H2,19,23);(H,6,7)/t13-,14-;/m0./s1. The van der Waals surface area contributed by atoms with Gasteiger partial charge in [-0.25, -0.2) is 9.78 Å². The maximum atomic E-state index is 12.6. The van der Waals surface area contributed by atoms with Crippen LogP contribution in [0.4, 0.5) is 13.2 Å². The summed E-state index contributed by atoms with van der Waals surface area (Å²) in [6.45, 7) is 4.81. The smallest absolute Gasteiger partial charge is 0.475 e. The summed E-state index contributed by atoms with van der Waals surface area (Å²) in [4.78, 5) is 39.2. The van der Waals surface area contributed by atoms with E-state index in [1.54, 1.807) is 0 Å². The molecule has 31 heavy (non-hydrogen) atoms. The number of halogens is 3. The molecule has 2 aliphatic rings. The maximum Gasteiger partial charge on any atom is 0.490 e. The quantitative estimate of drug-likeness (QED) is 0.600. The molecule has 174 valence electrons. The van der Waals surface area contributed by atoms with E-state index >= 15 is 0 Å². The second kappa shape index (κ2) is 9.67. The largest absolute Gasteiger partial charge is 0.490 e. The first-order chi connectivity index (χ1) is 14.3. The van der Waals surface area contributed by atoms with Gasteiger partial charge >= 0.3 is 12.1 Å². The fraction of sp³-hybridized carbons (Fsp3) is 0.684. The molecule has 0 bridgehead atoms. The number of carbonyl (C=O) groups is 3. The van der Waals surface area contributed by atoms with Gasteiger partial charge in [0.05, 0.1) is 11.7 Å². The molecule has 2 atom stereocenters. The highest BCUT2D eigenvalue weighted by Gasteiger charge is 2.38. The number of likely N-dealkylation sites (tertiary alicyclic amines) is 1. The Hall–Kier alpha value is -2.63. The highest BCUT2D eigenvalue weighted by atomic mass is 19.4. The van der Waals surface area contributed by atoms with Crippen molar-refractivity contribution in [3.8, 4) is 0 Å². The third-order valence-electron chi connectivity index (χ3n) is 5.16. The lowest BCUT2D eigenvalue weighted by Gasteiger charge is -2.25. The normalized spacial score (nSPS) is 19.7. The second-order valence-corrected chi connectivity index (χ2v) is 8.07. The molecule has 1 aromatic heterocycles. The predicted molar refractivity (Wildman–Crippen MR) is 104 cm³/mol. The number of carboxylic acids is 1. The fourth-order valence-corrected chi connectivity index (χ4v) is 3.47. The Morgan fingerprint density at radius 3 is 2.29 bits per heavy atom. The molecule has 1 aromatic rings. The van der Waals surface area contributed by atoms with E-state index in [1.807, 2.05) is 6.20 Å². The number of primary amides is 1. The van der Waals surface area contributed by atoms with Crippen LogP contribution in [0.1, 0.15) is 63.0 Å². The van der Waals surface area contributed by atoms with Crippen molar-refractivity contribution in [3.63, 3.8) is 0 Å². The number of rotatable bonds is 6. The number of carbonyl (C=O) groups excluding carboxylic acids is 2. The van der Waals surface area contributed by atoms with Gasteiger partial charge in [0, 0.05) is 31.1 Å². The van der Waals surface area contributed by atoms with Gasteiger partial charge in [-0.2, -0.15) is 13.2 Å². The molecule has 1 saturated heterocycles. The third kappa shape index (κ3) is 6.42. The maximum absolute atomic E-state index is 12.6. The zero-order valence-corrected chi connectivity index (χ0v) is 17.4. The van der Waals surface area contributed by atoms with Crippen LogP contribution in [0.15, 0.2) is 6.20 Å². The third-order valence-corrected chi connectivity index (χ3v) is 5.16. The summed E-state index contributed by atoms with van der Waals surface area (Å²) in [5.41, 5.74) is 12.4. The molecule has 2 amide bonds. The number of hydrogen-bond acceptors (Lipinski definition) is 5. The van der Waals surface area contributed by atoms with Gasteiger partial charge in [0.15, 0.2) is 0 Å². The van der Waals surface area contributed by atoms with E-state index < -0.39 is 30.1 Å². The van der Waals surface area contributed by atoms with E-state index in [9.17, 15) is 22.8 Å². The van der Waals surface area contributed by atoms with Crippen LogP contribution in [0.2, 0.25) is 0 Å². The van der Waals surface area contributed by atoms with Gasteiger partial charge < -0.3 is 26.0 Å². The van der Waals surface area contributed by atoms with Crippen LogP contribution in [0.3, 0.4) is 0 Å². The molecule has 1 aliphatic heterocycles. The van der Waals surface area contributed by atoms with E-state index in [4.69, 9.17) is 26.4 Å². The van der Waals surface area contributed by atoms with Crippen molar-refractivity contribution in [1.82, 2.24) is 14.5 Å². The van der Waals surface area contributed by atoms with Gasteiger partial charge in [-0.15, -0.1) is 0 Å². The summed E-state index contributed by atoms with van der Waals surface area (Å²) in [6.07, 6.45) is 1.10. The first-order valence-corrected chi connectivity index (χ1v) is 10.1. The molecule has 2 heterocycles. The van der Waals surface area contributed by atoms with Crippen LogP contribution in [0.25, 0.3) is 0 Å². The van der Waals surface area contributed by atoms with Gasteiger partial charge in [-0.3, -0.25) is 9.59 Å². The van der Waals surface area contributed by atoms with Crippen LogP contribution in [0.5, 0.6) is 0 Å². The molecule has 2 fully saturated rings. The molecule has 1 aliphatic carbocycles. The molecular weight excluding hydrogens is 419 g/mol. The number of hydrogen-bond donors (Lipinski definition) is 3. The van der Waals surface area contributed by atoms with Crippen molar-refractivity contribution in [2.45, 2.75) is 76.2 Å². The second-order valence-electron chi connectivity index (χ2n) is 8.07. The molecule has 0 unspecified atom stereocenters. The van der Waals surface area contributed by atoms with Gasteiger partial charge in [-0.1, -0.05) is 0 Å². The Balaban J connectivity index is 0.000000423. The lowest BCUT2D eigenvalue weighted by molar-refractivity contribution is -0.192. The van der Waals surface area contributed by atoms with Crippen molar-refractivity contribution >= 4 is 17.8 Å². The van der Waals surface area contributed by atoms with Crippen molar-refractivity contribution < 1.29 is 32.7 Å². The number of nitrogens with zero attached hydrogens (tertiary/aromatic N) is 3. The topological polar surface area (TPSA) is 145 Å². The molecule has 5 N–H and O–H groups in total. The lowest BCUT2D eigenvalue weighted by Crippen LogP contribution is -2.50. The zero-order chi connectivity index (χ0) is 23.5. The van der Waals surface area contributed by atoms with Crippen LogP contribution < -0.4 is 11.5 Å². The van der Waals surface area contributed by atoms with Gasteiger partial charge in [0.1, 0.15) is 11.9 Å². The Kier molecular flexibility index (Phi) is 7.68. The average Bonchev–Trinajstić information content (AvgIpc) is 3.22. The van der Waals surface area contributed by atoms with Crippen LogP contribution in [-0.4, -0.2) is 62.1 Å². The fourth-order valence-electron chi connectivity index (χ4n) is 3.47. The van der Waals surface area contributed by atoms with Crippen molar-refractivity contribution in [2.75, 3.05) is 6.54 Å². The van der Waals surface area contributed by atoms with Crippen molar-refractivity contribution in [2.24, 2.45) is 11.5 Å². The van der Waals surface area contributed by atoms with Gasteiger partial charge in [0.2, 0.25) is 11.8 Å². The van der Waals surface area contributed by atoms with Crippen LogP contribution >= 0.6 is 0 Å². The Morgan fingerprint density at radius 1 is 1.26 bits per heavy atom. The number of carboxylic acid groups (broad SMARTS) is 1. The number of aliphatic carboxylic acids is 1. The van der Waals surface area contributed by atoms with Crippen LogP contribution in [-0.2, 0) is 20.8 Å². The minimum atomic E-state index is -5.08. The summed E-state index contributed by atoms with van der Waals surface area (Å²) in [5.74, 6) is -1.76. The van der Waals surface area contributed by atoms with E-state index in [-0.39, 0.29) is 5.91 Å². The molecule has 3 rings (SSSR count). The Labute approximate surface area is 177 Å². The monoisotopic (exact) mass is 447 g/mol. The molecule has 0 aromatic carbocycles. The zero-order valence-electron chi connectivity index (χ0n) is 17.4. The molecule has 1 saturated carbocycles. The van der Waals surface area contributed by atoms with Gasteiger partial charge in [0.25, 0.3) is 0 Å². The number of alkyl halides is 3. The minimum Gasteiger partial charge on any atom is -0.475 e. The van der Waals surface area contributed by atoms with E-state index in [2.05, 4.69) is 18.4 Å². The minimum absolute atomic E-state index is 0.205. The number of nitrogens with two attached hydrogens (primary N) is 2. The first kappa shape index (κ1) is 24.6. The highest BCUT2D eigenvalue weighted by molar-refractivity contribution is 5.89. The van der Waals surface area contributed by atoms with Crippen LogP contribution in [0, 0.1) is 0 Å². The molecule has 0 radical (unpaired) electrons. The molecule has 0 spiro atoms.